The smallest absolute Gasteiger partial charge is 0 e. The predicted molar refractivity (Wildman–Crippen MR) is 5.75 cm³/mol. The second kappa shape index (κ2) is 15.6. The first-order chi connectivity index (χ1) is 0. The first kappa shape index (κ1) is 23.4. The number of rotatable bonds is 0. The second-order valence-corrected chi connectivity index (χ2v) is 0. The average Bonchev–Trinajstić information content (AvgIpc) is 0. The Kier molecular flexibility index (Phi) is 91.5. The summed E-state index contributed by atoms with van der Waals surface area (Å²) >= 11 is 0. The second-order valence-electron chi connectivity index (χ2n) is 0. The first-order valence-electron chi connectivity index (χ1n) is 0. The molecule has 0 heterocycles. The summed E-state index contributed by atoms with van der Waals surface area (Å²) in [5.41, 5.74) is 0. The minimum absolute atomic E-state index is 0. The minimum Gasteiger partial charge on any atom is 0 e. The van der Waals surface area contributed by atoms with Gasteiger partial charge in [0.25, 0.3) is 0 Å². The summed E-state index contributed by atoms with van der Waals surface area (Å²) in [4.78, 5) is 0. The summed E-state index contributed by atoms with van der Waals surface area (Å²) in [6.07, 6.45) is 0. The molecule has 0 aliphatic heterocycles. The Hall–Kier alpha value is 4.68. The molecule has 0 bridgehead atoms. The summed E-state index contributed by atoms with van der Waals surface area (Å²) in [5, 5.41) is 0. The quantitative estimate of drug-likeness (QED) is 0.307. The van der Waals surface area contributed by atoms with Crippen LogP contribution in [0, 0.1) is 35.6 Å². The standard InChI is InChI=1S/Cd.K.La.Pb/q+2;+1;+3;. The predicted octanol–water partition coefficient (Wildman–Crippen LogP) is -3.38. The molecule has 0 nitrogen and oxygen atoms in total. The monoisotopic (exact) mass is 500 g/mol. The fourth-order valence-corrected chi connectivity index (χ4v) is 0. The van der Waals surface area contributed by atoms with Gasteiger partial charge in [-0.25, -0.2) is 0 Å². The molecule has 0 rings (SSSR count). The third-order valence-corrected chi connectivity index (χ3v) is 0. The summed E-state index contributed by atoms with van der Waals surface area (Å²) in [6.45, 7) is 0. The van der Waals surface area contributed by atoms with Gasteiger partial charge < -0.3 is 0 Å². The van der Waals surface area contributed by atoms with E-state index in [1.807, 2.05) is 0 Å². The van der Waals surface area contributed by atoms with Crippen molar-refractivity contribution in [3.05, 3.63) is 0 Å². The van der Waals surface area contributed by atoms with Gasteiger partial charge in [-0.15, -0.1) is 0 Å². The van der Waals surface area contributed by atoms with Crippen LogP contribution in [0.25, 0.3) is 0 Å². The Balaban J connectivity index is 0. The van der Waals surface area contributed by atoms with Crippen molar-refractivity contribution in [3.8, 4) is 0 Å². The molecule has 0 aromatic heterocycles. The summed E-state index contributed by atoms with van der Waals surface area (Å²) in [5.74, 6) is 0. The van der Waals surface area contributed by atoms with Crippen LogP contribution in [0.2, 0.25) is 0 Å². The zero-order valence-electron chi connectivity index (χ0n) is 2.78. The van der Waals surface area contributed by atoms with Crippen molar-refractivity contribution in [2.75, 3.05) is 0 Å². The van der Waals surface area contributed by atoms with Crippen LogP contribution in [0.3, 0.4) is 0 Å². The van der Waals surface area contributed by atoms with Gasteiger partial charge in [0.2, 0.25) is 0 Å². The summed E-state index contributed by atoms with van der Waals surface area (Å²) < 4.78 is 0. The van der Waals surface area contributed by atoms with Crippen LogP contribution >= 0.6 is 0 Å². The molecular weight excluding hydrogens is 498 g/mol. The van der Waals surface area contributed by atoms with E-state index >= 15 is 0 Å². The van der Waals surface area contributed by atoms with Crippen molar-refractivity contribution in [2.24, 2.45) is 0 Å². The molecule has 0 aromatic rings. The summed E-state index contributed by atoms with van der Waals surface area (Å²) in [6, 6.07) is 0. The van der Waals surface area contributed by atoms with Crippen molar-refractivity contribution in [3.63, 3.8) is 0 Å². The van der Waals surface area contributed by atoms with Crippen molar-refractivity contribution in [1.29, 1.82) is 0 Å². The normalized spacial score (nSPS) is 0. The van der Waals surface area contributed by atoms with Gasteiger partial charge in [0.1, 0.15) is 0 Å². The Morgan fingerprint density at radius 1 is 1.00 bits per heavy atom. The fraction of sp³-hybridized carbons (Fsp3) is 0. The van der Waals surface area contributed by atoms with Crippen molar-refractivity contribution in [2.45, 2.75) is 0 Å². The van der Waals surface area contributed by atoms with Gasteiger partial charge >= 0.3 is 114 Å². The van der Waals surface area contributed by atoms with Gasteiger partial charge in [0.05, 0.1) is 0 Å². The molecular formula is CdKLaPb+6. The molecule has 4 heteroatoms. The zero-order valence-corrected chi connectivity index (χ0v) is 17.5. The Labute approximate surface area is 137 Å². The van der Waals surface area contributed by atoms with Gasteiger partial charge in [-0.1, -0.05) is 0 Å². The maximum absolute atomic E-state index is 0. The first-order valence-corrected chi connectivity index (χ1v) is 0. The molecule has 0 N–H and O–H groups in total. The van der Waals surface area contributed by atoms with Gasteiger partial charge in [-0.05, 0) is 0 Å². The van der Waals surface area contributed by atoms with E-state index in [-0.39, 0.29) is 142 Å². The van der Waals surface area contributed by atoms with Crippen LogP contribution in [-0.4, -0.2) is 27.3 Å². The van der Waals surface area contributed by atoms with Crippen molar-refractivity contribution < 1.29 is 114 Å². The van der Waals surface area contributed by atoms with Gasteiger partial charge in [0, 0.05) is 27.3 Å². The molecule has 4 heavy (non-hydrogen) atoms. The molecule has 0 aromatic carbocycles. The molecule has 0 fully saturated rings. The SMILES string of the molecule is [Cd+2].[K+].[La+3].[Pb]. The third kappa shape index (κ3) is 9.84. The van der Waals surface area contributed by atoms with Crippen LogP contribution in [0.5, 0.6) is 0 Å². The number of hydrogen-bond donors (Lipinski definition) is 0. The van der Waals surface area contributed by atoms with E-state index in [9.17, 15) is 0 Å². The molecule has 4 radical (unpaired) electrons. The molecule has 0 saturated heterocycles. The van der Waals surface area contributed by atoms with E-state index in [1.54, 1.807) is 0 Å². The van der Waals surface area contributed by atoms with E-state index in [4.69, 9.17) is 0 Å². The van der Waals surface area contributed by atoms with E-state index in [1.165, 1.54) is 0 Å². The topological polar surface area (TPSA) is 0 Å². The zero-order chi connectivity index (χ0) is 0. The van der Waals surface area contributed by atoms with E-state index in [0.717, 1.165) is 0 Å². The Morgan fingerprint density at radius 3 is 1.00 bits per heavy atom. The molecule has 0 unspecified atom stereocenters. The van der Waals surface area contributed by atoms with Crippen LogP contribution in [0.1, 0.15) is 0 Å². The summed E-state index contributed by atoms with van der Waals surface area (Å²) in [7, 11) is 0. The minimum atomic E-state index is 0. The van der Waals surface area contributed by atoms with Crippen molar-refractivity contribution in [1.82, 2.24) is 0 Å². The van der Waals surface area contributed by atoms with Gasteiger partial charge in [-0.2, -0.15) is 0 Å². The molecule has 0 saturated carbocycles. The fourth-order valence-electron chi connectivity index (χ4n) is 0. The van der Waals surface area contributed by atoms with Gasteiger partial charge in [-0.3, -0.25) is 0 Å². The van der Waals surface area contributed by atoms with E-state index in [0.29, 0.717) is 0 Å². The Morgan fingerprint density at radius 2 is 1.00 bits per heavy atom. The van der Waals surface area contributed by atoms with Crippen LogP contribution < -0.4 is 51.4 Å². The maximum atomic E-state index is 0. The maximum Gasteiger partial charge on any atom is 3.00 e. The third-order valence-electron chi connectivity index (χ3n) is 0. The van der Waals surface area contributed by atoms with E-state index < -0.39 is 0 Å². The van der Waals surface area contributed by atoms with Crippen LogP contribution in [-0.2, 0) is 27.3 Å². The van der Waals surface area contributed by atoms with Gasteiger partial charge in [0.15, 0.2) is 0 Å². The van der Waals surface area contributed by atoms with E-state index in [2.05, 4.69) is 0 Å². The molecule has 0 amide bonds. The van der Waals surface area contributed by atoms with Crippen LogP contribution in [0.15, 0.2) is 0 Å². The average molecular weight is 498 g/mol. The molecule has 4 valence electrons. The molecule has 0 spiro atoms. The van der Waals surface area contributed by atoms with Crippen molar-refractivity contribution >= 4 is 27.3 Å². The largest absolute Gasteiger partial charge is 3.00 e. The number of hydrogen-bond acceptors (Lipinski definition) is 0. The molecule has 0 atom stereocenters. The Bertz CT molecular complexity index is 8.00. The van der Waals surface area contributed by atoms with Crippen LogP contribution in [0.4, 0.5) is 0 Å². The molecule has 0 aliphatic carbocycles. The molecule has 0 aliphatic rings.